The highest BCUT2D eigenvalue weighted by Gasteiger charge is 2.28. The van der Waals surface area contributed by atoms with E-state index < -0.39 is 18.1 Å². The number of rotatable bonds is 7. The third kappa shape index (κ3) is 4.41. The van der Waals surface area contributed by atoms with Crippen LogP contribution in [0.3, 0.4) is 0 Å². The first-order valence-electron chi connectivity index (χ1n) is 7.39. The van der Waals surface area contributed by atoms with Gasteiger partial charge in [-0.2, -0.15) is 0 Å². The monoisotopic (exact) mass is 299 g/mol. The summed E-state index contributed by atoms with van der Waals surface area (Å²) >= 11 is 0. The molecule has 0 amide bonds. The van der Waals surface area contributed by atoms with Crippen LogP contribution in [0.4, 0.5) is 0 Å². The molecule has 2 rings (SSSR count). The van der Waals surface area contributed by atoms with Crippen molar-refractivity contribution in [3.63, 3.8) is 0 Å². The number of carbonyl (C=O) groups excluding carboxylic acids is 1. The summed E-state index contributed by atoms with van der Waals surface area (Å²) < 4.78 is 4.93. The van der Waals surface area contributed by atoms with E-state index in [2.05, 4.69) is 5.32 Å². The lowest BCUT2D eigenvalue weighted by Gasteiger charge is -2.23. The summed E-state index contributed by atoms with van der Waals surface area (Å²) in [5.74, 6) is -0.614. The van der Waals surface area contributed by atoms with E-state index in [-0.39, 0.29) is 6.61 Å². The first-order chi connectivity index (χ1) is 10.7. The van der Waals surface area contributed by atoms with Crippen LogP contribution in [0.15, 0.2) is 60.7 Å². The van der Waals surface area contributed by atoms with Crippen molar-refractivity contribution in [2.75, 3.05) is 6.61 Å². The van der Waals surface area contributed by atoms with Crippen molar-refractivity contribution in [3.8, 4) is 0 Å². The van der Waals surface area contributed by atoms with E-state index in [9.17, 15) is 9.90 Å². The van der Waals surface area contributed by atoms with Gasteiger partial charge >= 0.3 is 5.97 Å². The van der Waals surface area contributed by atoms with E-state index in [1.165, 1.54) is 0 Å². The fourth-order valence-electron chi connectivity index (χ4n) is 2.26. The molecule has 0 aliphatic rings. The highest BCUT2D eigenvalue weighted by Crippen LogP contribution is 2.19. The Balaban J connectivity index is 2.13. The summed E-state index contributed by atoms with van der Waals surface area (Å²) in [6.45, 7) is 2.52. The van der Waals surface area contributed by atoms with E-state index in [0.29, 0.717) is 6.54 Å². The van der Waals surface area contributed by atoms with Gasteiger partial charge in [0.15, 0.2) is 6.10 Å². The minimum atomic E-state index is -1.24. The Labute approximate surface area is 130 Å². The molecule has 2 aromatic rings. The minimum Gasteiger partial charge on any atom is -0.464 e. The average Bonchev–Trinajstić information content (AvgIpc) is 2.57. The number of esters is 1. The molecule has 116 valence electrons. The van der Waals surface area contributed by atoms with Crippen molar-refractivity contribution in [1.82, 2.24) is 5.32 Å². The standard InChI is InChI=1S/C18H21NO3/c1-2-22-18(21)17(20)16(15-11-7-4-8-12-15)19-13-14-9-5-3-6-10-14/h3-12,16-17,19-20H,2,13H2,1H3/t16-,17-/m1/s1. The van der Waals surface area contributed by atoms with Gasteiger partial charge in [0, 0.05) is 6.54 Å². The van der Waals surface area contributed by atoms with Gasteiger partial charge in [-0.05, 0) is 18.1 Å². The van der Waals surface area contributed by atoms with Crippen LogP contribution < -0.4 is 5.32 Å². The molecule has 0 spiro atoms. The maximum Gasteiger partial charge on any atom is 0.336 e. The molecular weight excluding hydrogens is 278 g/mol. The molecule has 0 bridgehead atoms. The Kier molecular flexibility index (Phi) is 6.13. The molecule has 0 aliphatic carbocycles. The van der Waals surface area contributed by atoms with Crippen LogP contribution in [-0.4, -0.2) is 23.8 Å². The molecule has 4 nitrogen and oxygen atoms in total. The molecular formula is C18H21NO3. The molecule has 0 radical (unpaired) electrons. The molecule has 0 unspecified atom stereocenters. The lowest BCUT2D eigenvalue weighted by atomic mass is 10.0. The van der Waals surface area contributed by atoms with Gasteiger partial charge in [0.1, 0.15) is 0 Å². The van der Waals surface area contributed by atoms with Gasteiger partial charge in [0.05, 0.1) is 12.6 Å². The fourth-order valence-corrected chi connectivity index (χ4v) is 2.26. The van der Waals surface area contributed by atoms with E-state index in [1.807, 2.05) is 60.7 Å². The van der Waals surface area contributed by atoms with Crippen LogP contribution in [0.5, 0.6) is 0 Å². The summed E-state index contributed by atoms with van der Waals surface area (Å²) in [7, 11) is 0. The van der Waals surface area contributed by atoms with Crippen LogP contribution in [-0.2, 0) is 16.1 Å². The third-order valence-corrected chi connectivity index (χ3v) is 3.37. The van der Waals surface area contributed by atoms with Gasteiger partial charge in [0.25, 0.3) is 0 Å². The number of aliphatic hydroxyl groups is 1. The maximum atomic E-state index is 11.9. The Morgan fingerprint density at radius 1 is 1.09 bits per heavy atom. The molecule has 2 N–H and O–H groups in total. The zero-order valence-corrected chi connectivity index (χ0v) is 12.6. The molecule has 0 aliphatic heterocycles. The summed E-state index contributed by atoms with van der Waals surface area (Å²) in [6, 6.07) is 18.7. The second-order valence-electron chi connectivity index (χ2n) is 4.95. The summed E-state index contributed by atoms with van der Waals surface area (Å²) in [5, 5.41) is 13.5. The van der Waals surface area contributed by atoms with Gasteiger partial charge < -0.3 is 15.2 Å². The first kappa shape index (κ1) is 16.2. The van der Waals surface area contributed by atoms with Crippen molar-refractivity contribution in [2.24, 2.45) is 0 Å². The second-order valence-corrected chi connectivity index (χ2v) is 4.95. The summed E-state index contributed by atoms with van der Waals surface area (Å²) in [6.07, 6.45) is -1.24. The maximum absolute atomic E-state index is 11.9. The van der Waals surface area contributed by atoms with Crippen LogP contribution in [0.25, 0.3) is 0 Å². The normalized spacial score (nSPS) is 13.4. The Morgan fingerprint density at radius 3 is 2.27 bits per heavy atom. The van der Waals surface area contributed by atoms with Gasteiger partial charge in [-0.15, -0.1) is 0 Å². The van der Waals surface area contributed by atoms with Crippen molar-refractivity contribution >= 4 is 5.97 Å². The van der Waals surface area contributed by atoms with Crippen LogP contribution in [0, 0.1) is 0 Å². The molecule has 0 saturated carbocycles. The Bertz CT molecular complexity index is 571. The quantitative estimate of drug-likeness (QED) is 0.771. The number of ether oxygens (including phenoxy) is 1. The van der Waals surface area contributed by atoms with E-state index in [1.54, 1.807) is 6.92 Å². The number of hydrogen-bond donors (Lipinski definition) is 2. The molecule has 0 saturated heterocycles. The van der Waals surface area contributed by atoms with Gasteiger partial charge in [-0.25, -0.2) is 4.79 Å². The van der Waals surface area contributed by atoms with E-state index in [4.69, 9.17) is 4.74 Å². The van der Waals surface area contributed by atoms with Crippen LogP contribution in [0.1, 0.15) is 24.1 Å². The molecule has 4 heteroatoms. The summed E-state index contributed by atoms with van der Waals surface area (Å²) in [5.41, 5.74) is 1.93. The highest BCUT2D eigenvalue weighted by molar-refractivity contribution is 5.75. The average molecular weight is 299 g/mol. The summed E-state index contributed by atoms with van der Waals surface area (Å²) in [4.78, 5) is 11.9. The van der Waals surface area contributed by atoms with Crippen LogP contribution in [0.2, 0.25) is 0 Å². The molecule has 0 heterocycles. The highest BCUT2D eigenvalue weighted by atomic mass is 16.5. The topological polar surface area (TPSA) is 58.6 Å². The molecule has 2 aromatic carbocycles. The fraction of sp³-hybridized carbons (Fsp3) is 0.278. The molecule has 2 atom stereocenters. The largest absolute Gasteiger partial charge is 0.464 e. The van der Waals surface area contributed by atoms with Gasteiger partial charge in [-0.3, -0.25) is 0 Å². The van der Waals surface area contributed by atoms with Crippen molar-refractivity contribution in [1.29, 1.82) is 0 Å². The third-order valence-electron chi connectivity index (χ3n) is 3.37. The zero-order chi connectivity index (χ0) is 15.8. The van der Waals surface area contributed by atoms with Crippen molar-refractivity contribution in [3.05, 3.63) is 71.8 Å². The zero-order valence-electron chi connectivity index (χ0n) is 12.6. The predicted octanol–water partition coefficient (Wildman–Crippen LogP) is 2.44. The Morgan fingerprint density at radius 2 is 1.68 bits per heavy atom. The lowest BCUT2D eigenvalue weighted by Crippen LogP contribution is -2.38. The number of benzene rings is 2. The van der Waals surface area contributed by atoms with Gasteiger partial charge in [-0.1, -0.05) is 60.7 Å². The first-order valence-corrected chi connectivity index (χ1v) is 7.39. The lowest BCUT2D eigenvalue weighted by molar-refractivity contribution is -0.154. The SMILES string of the molecule is CCOC(=O)[C@H](O)[C@H](NCc1ccccc1)c1ccccc1. The van der Waals surface area contributed by atoms with Gasteiger partial charge in [0.2, 0.25) is 0 Å². The molecule has 0 fully saturated rings. The number of carbonyl (C=O) groups is 1. The predicted molar refractivity (Wildman–Crippen MR) is 85.1 cm³/mol. The van der Waals surface area contributed by atoms with Crippen molar-refractivity contribution in [2.45, 2.75) is 25.6 Å². The molecule has 22 heavy (non-hydrogen) atoms. The smallest absolute Gasteiger partial charge is 0.336 e. The van der Waals surface area contributed by atoms with E-state index >= 15 is 0 Å². The van der Waals surface area contributed by atoms with Crippen LogP contribution >= 0.6 is 0 Å². The molecule has 0 aromatic heterocycles. The minimum absolute atomic E-state index is 0.246. The number of nitrogens with one attached hydrogen (secondary N) is 1. The number of aliphatic hydroxyl groups excluding tert-OH is 1. The Hall–Kier alpha value is -2.17. The van der Waals surface area contributed by atoms with Crippen molar-refractivity contribution < 1.29 is 14.6 Å². The number of hydrogen-bond acceptors (Lipinski definition) is 4. The van der Waals surface area contributed by atoms with E-state index in [0.717, 1.165) is 11.1 Å². The second kappa shape index (κ2) is 8.32.